The number of benzene rings is 1. The number of hydrogen-bond acceptors (Lipinski definition) is 6. The van der Waals surface area contributed by atoms with Gasteiger partial charge in [-0.25, -0.2) is 0 Å². The zero-order valence-electron chi connectivity index (χ0n) is 21.8. The highest BCUT2D eigenvalue weighted by atomic mass is 16.5. The van der Waals surface area contributed by atoms with E-state index in [1.807, 2.05) is 35.2 Å². The van der Waals surface area contributed by atoms with Crippen molar-refractivity contribution in [2.45, 2.75) is 57.9 Å². The second-order valence-electron chi connectivity index (χ2n) is 10.0. The molecule has 9 nitrogen and oxygen atoms in total. The van der Waals surface area contributed by atoms with Crippen molar-refractivity contribution in [3.63, 3.8) is 0 Å². The number of methoxy groups -OCH3 is 2. The van der Waals surface area contributed by atoms with Crippen molar-refractivity contribution in [3.05, 3.63) is 41.6 Å². The molecule has 1 aromatic rings. The van der Waals surface area contributed by atoms with Crippen LogP contribution in [0.5, 0.6) is 5.75 Å². The van der Waals surface area contributed by atoms with Crippen LogP contribution in [0.25, 0.3) is 0 Å². The van der Waals surface area contributed by atoms with Crippen molar-refractivity contribution >= 4 is 23.7 Å². The van der Waals surface area contributed by atoms with E-state index in [4.69, 9.17) is 9.47 Å². The number of allylic oxidation sites excluding steroid dienone is 1. The van der Waals surface area contributed by atoms with Gasteiger partial charge in [-0.1, -0.05) is 24.6 Å². The highest BCUT2D eigenvalue weighted by Crippen LogP contribution is 2.53. The van der Waals surface area contributed by atoms with Crippen LogP contribution in [-0.4, -0.2) is 67.3 Å². The summed E-state index contributed by atoms with van der Waals surface area (Å²) < 4.78 is 10.5. The van der Waals surface area contributed by atoms with Gasteiger partial charge in [0.15, 0.2) is 0 Å². The molecule has 0 saturated carbocycles. The van der Waals surface area contributed by atoms with Gasteiger partial charge in [-0.3, -0.25) is 19.2 Å². The van der Waals surface area contributed by atoms with Gasteiger partial charge in [-0.15, -0.1) is 0 Å². The Kier molecular flexibility index (Phi) is 8.51. The number of rotatable bonds is 10. The number of amides is 3. The summed E-state index contributed by atoms with van der Waals surface area (Å²) in [6.45, 7) is 2.09. The number of ether oxygens (including phenoxy) is 2. The summed E-state index contributed by atoms with van der Waals surface area (Å²) in [6.07, 6.45) is 6.90. The van der Waals surface area contributed by atoms with Crippen molar-refractivity contribution in [1.29, 1.82) is 0 Å². The van der Waals surface area contributed by atoms with Gasteiger partial charge >= 0.3 is 5.97 Å². The molecule has 3 amide bonds. The van der Waals surface area contributed by atoms with Crippen LogP contribution in [-0.2, 0) is 30.5 Å². The minimum absolute atomic E-state index is 0.0902. The van der Waals surface area contributed by atoms with Crippen LogP contribution in [0, 0.1) is 11.3 Å². The zero-order valence-corrected chi connectivity index (χ0v) is 21.8. The second kappa shape index (κ2) is 11.8. The minimum atomic E-state index is -1.17. The fourth-order valence-corrected chi connectivity index (χ4v) is 5.88. The quantitative estimate of drug-likeness (QED) is 0.383. The Hall–Kier alpha value is -3.36. The third-order valence-electron chi connectivity index (χ3n) is 7.81. The summed E-state index contributed by atoms with van der Waals surface area (Å²) >= 11 is 0. The van der Waals surface area contributed by atoms with Crippen LogP contribution in [0.2, 0.25) is 0 Å². The standard InChI is InChI=1S/C28H37N3O6/c1-36-21-12-10-20(11-13-21)19-31-23-8-4-3-5-14-28(23,27(35)37-2)22(26(31)34)18-24(32)29-15-7-17-30-16-6-9-25(30)33/h8,10-13,22H,3-7,9,14-19H2,1-2H3,(H,29,32)/t22-,28-/m0/s1. The molecule has 37 heavy (non-hydrogen) atoms. The van der Waals surface area contributed by atoms with Crippen molar-refractivity contribution < 1.29 is 28.7 Å². The van der Waals surface area contributed by atoms with E-state index in [0.717, 1.165) is 43.5 Å². The first-order chi connectivity index (χ1) is 17.9. The van der Waals surface area contributed by atoms with Gasteiger partial charge in [0.2, 0.25) is 17.7 Å². The number of nitrogens with one attached hydrogen (secondary N) is 1. The smallest absolute Gasteiger partial charge is 0.318 e. The van der Waals surface area contributed by atoms with E-state index in [1.165, 1.54) is 7.11 Å². The fourth-order valence-electron chi connectivity index (χ4n) is 5.88. The van der Waals surface area contributed by atoms with Crippen LogP contribution in [0.4, 0.5) is 0 Å². The monoisotopic (exact) mass is 511 g/mol. The summed E-state index contributed by atoms with van der Waals surface area (Å²) in [7, 11) is 2.94. The number of carbonyl (C=O) groups excluding carboxylic acids is 4. The first-order valence-corrected chi connectivity index (χ1v) is 13.2. The third kappa shape index (κ3) is 5.50. The summed E-state index contributed by atoms with van der Waals surface area (Å²) in [5.74, 6) is -0.916. The molecule has 1 aromatic carbocycles. The van der Waals surface area contributed by atoms with Crippen LogP contribution in [0.1, 0.15) is 56.9 Å². The molecule has 0 unspecified atom stereocenters. The van der Waals surface area contributed by atoms with Gasteiger partial charge in [-0.2, -0.15) is 0 Å². The lowest BCUT2D eigenvalue weighted by Gasteiger charge is -2.31. The topological polar surface area (TPSA) is 105 Å². The Morgan fingerprint density at radius 2 is 1.89 bits per heavy atom. The maximum absolute atomic E-state index is 13.8. The van der Waals surface area contributed by atoms with Crippen LogP contribution < -0.4 is 10.1 Å². The summed E-state index contributed by atoms with van der Waals surface area (Å²) in [5.41, 5.74) is 0.385. The predicted molar refractivity (Wildman–Crippen MR) is 136 cm³/mol. The second-order valence-corrected chi connectivity index (χ2v) is 10.0. The molecular weight excluding hydrogens is 474 g/mol. The van der Waals surface area contributed by atoms with Crippen molar-refractivity contribution in [1.82, 2.24) is 15.1 Å². The Labute approximate surface area is 218 Å². The molecule has 1 N–H and O–H groups in total. The third-order valence-corrected chi connectivity index (χ3v) is 7.81. The molecule has 1 aliphatic carbocycles. The van der Waals surface area contributed by atoms with E-state index >= 15 is 0 Å². The van der Waals surface area contributed by atoms with Crippen LogP contribution in [0.3, 0.4) is 0 Å². The molecule has 200 valence electrons. The molecule has 2 fully saturated rings. The Morgan fingerprint density at radius 1 is 1.11 bits per heavy atom. The first-order valence-electron chi connectivity index (χ1n) is 13.2. The highest BCUT2D eigenvalue weighted by Gasteiger charge is 2.61. The van der Waals surface area contributed by atoms with E-state index in [2.05, 4.69) is 5.32 Å². The Morgan fingerprint density at radius 3 is 2.57 bits per heavy atom. The van der Waals surface area contributed by atoms with Gasteiger partial charge in [0.25, 0.3) is 0 Å². The lowest BCUT2D eigenvalue weighted by Crippen LogP contribution is -2.41. The van der Waals surface area contributed by atoms with E-state index in [-0.39, 0.29) is 24.1 Å². The molecule has 2 atom stereocenters. The predicted octanol–water partition coefficient (Wildman–Crippen LogP) is 2.79. The van der Waals surface area contributed by atoms with Gasteiger partial charge in [0.05, 0.1) is 26.7 Å². The largest absolute Gasteiger partial charge is 0.497 e. The first kappa shape index (κ1) is 26.7. The van der Waals surface area contributed by atoms with Crippen molar-refractivity contribution in [3.8, 4) is 5.75 Å². The molecule has 0 aromatic heterocycles. The van der Waals surface area contributed by atoms with Crippen LogP contribution in [0.15, 0.2) is 36.0 Å². The summed E-state index contributed by atoms with van der Waals surface area (Å²) in [6, 6.07) is 7.47. The lowest BCUT2D eigenvalue weighted by atomic mass is 9.71. The summed E-state index contributed by atoms with van der Waals surface area (Å²) in [4.78, 5) is 55.5. The average Bonchev–Trinajstić information content (AvgIpc) is 3.30. The number of fused-ring (bicyclic) bond motifs is 1. The molecule has 0 bridgehead atoms. The average molecular weight is 512 g/mol. The molecule has 3 aliphatic rings. The Bertz CT molecular complexity index is 1050. The summed E-state index contributed by atoms with van der Waals surface area (Å²) in [5, 5.41) is 2.90. The van der Waals surface area contributed by atoms with E-state index in [9.17, 15) is 19.2 Å². The highest BCUT2D eigenvalue weighted by molar-refractivity contribution is 5.98. The minimum Gasteiger partial charge on any atom is -0.497 e. The van der Waals surface area contributed by atoms with E-state index in [1.54, 1.807) is 12.0 Å². The number of esters is 1. The van der Waals surface area contributed by atoms with Gasteiger partial charge < -0.3 is 24.6 Å². The number of carbonyl (C=O) groups is 4. The molecular formula is C28H37N3O6. The van der Waals surface area contributed by atoms with Gasteiger partial charge in [-0.05, 0) is 49.8 Å². The maximum Gasteiger partial charge on any atom is 0.318 e. The van der Waals surface area contributed by atoms with Gasteiger partial charge in [0.1, 0.15) is 11.2 Å². The van der Waals surface area contributed by atoms with Crippen molar-refractivity contribution in [2.24, 2.45) is 11.3 Å². The van der Waals surface area contributed by atoms with E-state index in [0.29, 0.717) is 44.6 Å². The molecule has 0 spiro atoms. The van der Waals surface area contributed by atoms with Gasteiger partial charge in [0, 0.05) is 38.2 Å². The number of hydrogen-bond donors (Lipinski definition) is 1. The zero-order chi connectivity index (χ0) is 26.4. The van der Waals surface area contributed by atoms with Crippen molar-refractivity contribution in [2.75, 3.05) is 33.9 Å². The maximum atomic E-state index is 13.8. The molecule has 0 radical (unpaired) electrons. The van der Waals surface area contributed by atoms with E-state index < -0.39 is 17.3 Å². The molecule has 2 saturated heterocycles. The molecule has 4 rings (SSSR count). The number of likely N-dealkylation sites (tertiary alicyclic amines) is 2. The SMILES string of the molecule is COC(=O)[C@]12CCCCC=C1N(Cc1ccc(OC)cc1)C(=O)[C@@H]2CC(=O)NCCCN1CCCC1=O. The number of nitrogens with zero attached hydrogens (tertiary/aromatic N) is 2. The normalized spacial score (nSPS) is 23.4. The van der Waals surface area contributed by atoms with Crippen LogP contribution >= 0.6 is 0 Å². The fraction of sp³-hybridized carbons (Fsp3) is 0.571. The molecule has 9 heteroatoms. The molecule has 2 aliphatic heterocycles. The lowest BCUT2D eigenvalue weighted by molar-refractivity contribution is -0.155. The molecule has 2 heterocycles. The Balaban J connectivity index is 1.51.